The molecule has 4 nitrogen and oxygen atoms in total. The maximum atomic E-state index is 11.6. The van der Waals surface area contributed by atoms with Crippen molar-refractivity contribution in [2.75, 3.05) is 6.54 Å². The summed E-state index contributed by atoms with van der Waals surface area (Å²) in [6.45, 7) is 10.1. The van der Waals surface area contributed by atoms with E-state index in [1.54, 1.807) is 6.20 Å². The van der Waals surface area contributed by atoms with E-state index in [0.717, 1.165) is 42.2 Å². The molecular weight excluding hydrogens is 394 g/mol. The molecular formula is C28H49N3O. The van der Waals surface area contributed by atoms with E-state index in [1.165, 1.54) is 64.2 Å². The predicted molar refractivity (Wildman–Crippen MR) is 133 cm³/mol. The molecule has 4 aliphatic rings. The lowest BCUT2D eigenvalue weighted by atomic mass is 9.41. The van der Waals surface area contributed by atoms with E-state index in [0.29, 0.717) is 23.6 Å². The van der Waals surface area contributed by atoms with Crippen LogP contribution in [0.1, 0.15) is 98.3 Å². The van der Waals surface area contributed by atoms with Crippen LogP contribution in [0, 0.1) is 51.7 Å². The molecule has 0 bridgehead atoms. The van der Waals surface area contributed by atoms with Crippen LogP contribution in [0.3, 0.4) is 0 Å². The van der Waals surface area contributed by atoms with E-state index in [4.69, 9.17) is 11.1 Å². The second-order valence-corrected chi connectivity index (χ2v) is 12.8. The number of aliphatic hydroxyl groups is 1. The Kier molecular flexibility index (Phi) is 6.75. The first-order chi connectivity index (χ1) is 15.1. The Morgan fingerprint density at radius 3 is 2.53 bits per heavy atom. The SMILES string of the molecule is CC[C@H]1CC[C@@H]2C3CC[C@@]4(C)C(CCCC4[C@](C)(O)CN/C=C(/N)C=N)[C@@H]3CC[C@]2(C)C1. The summed E-state index contributed by atoms with van der Waals surface area (Å²) in [7, 11) is 0. The van der Waals surface area contributed by atoms with Gasteiger partial charge in [-0.25, -0.2) is 0 Å². The molecule has 0 aromatic rings. The van der Waals surface area contributed by atoms with Gasteiger partial charge in [0, 0.05) is 19.0 Å². The lowest BCUT2D eigenvalue weighted by Crippen LogP contribution is -2.59. The molecule has 0 spiro atoms. The van der Waals surface area contributed by atoms with Gasteiger partial charge in [-0.05, 0) is 105 Å². The van der Waals surface area contributed by atoms with Gasteiger partial charge >= 0.3 is 0 Å². The lowest BCUT2D eigenvalue weighted by molar-refractivity contribution is -0.170. The van der Waals surface area contributed by atoms with Crippen molar-refractivity contribution in [3.05, 3.63) is 11.9 Å². The molecule has 0 amide bonds. The van der Waals surface area contributed by atoms with Gasteiger partial charge in [-0.3, -0.25) is 0 Å². The second kappa shape index (κ2) is 8.96. The van der Waals surface area contributed by atoms with Gasteiger partial charge < -0.3 is 21.6 Å². The van der Waals surface area contributed by atoms with E-state index in [-0.39, 0.29) is 5.41 Å². The van der Waals surface area contributed by atoms with Crippen LogP contribution in [0.25, 0.3) is 0 Å². The molecule has 4 rings (SSSR count). The topological polar surface area (TPSA) is 82.1 Å². The van der Waals surface area contributed by atoms with Gasteiger partial charge in [0.1, 0.15) is 0 Å². The molecule has 4 aliphatic carbocycles. The fourth-order valence-electron chi connectivity index (χ4n) is 9.53. The minimum Gasteiger partial charge on any atom is -0.396 e. The first-order valence-corrected chi connectivity index (χ1v) is 13.6. The van der Waals surface area contributed by atoms with Gasteiger partial charge in [0.05, 0.1) is 11.3 Å². The number of nitrogens with two attached hydrogens (primary N) is 1. The fourth-order valence-corrected chi connectivity index (χ4v) is 9.53. The van der Waals surface area contributed by atoms with E-state index < -0.39 is 5.60 Å². The summed E-state index contributed by atoms with van der Waals surface area (Å²) >= 11 is 0. The van der Waals surface area contributed by atoms with Gasteiger partial charge in [-0.2, -0.15) is 0 Å². The van der Waals surface area contributed by atoms with Crippen molar-refractivity contribution >= 4 is 6.21 Å². The van der Waals surface area contributed by atoms with Crippen LogP contribution in [0.5, 0.6) is 0 Å². The molecule has 0 aliphatic heterocycles. The monoisotopic (exact) mass is 443 g/mol. The lowest BCUT2D eigenvalue weighted by Gasteiger charge is -2.64. The van der Waals surface area contributed by atoms with Gasteiger partial charge in [0.2, 0.25) is 0 Å². The summed E-state index contributed by atoms with van der Waals surface area (Å²) in [4.78, 5) is 0. The highest BCUT2D eigenvalue weighted by molar-refractivity contribution is 5.73. The molecule has 0 heterocycles. The normalized spacial score (nSPS) is 46.2. The summed E-state index contributed by atoms with van der Waals surface area (Å²) in [5, 5.41) is 22.1. The molecule has 4 heteroatoms. The standard InChI is InChI=1S/C28H49N3O/c1-5-19-9-10-23-21-12-14-27(3)24(22(21)11-13-26(23,2)15-19)7-6-8-25(27)28(4,32)18-31-17-20(30)16-29/h16-17,19,21-25,29,31-32H,5-15,18,30H2,1-4H3/b20-17+,29-16?/t19-,21?,22+,23+,24?,25?,26+,27-,28+/m0/s1. The molecule has 4 fully saturated rings. The third kappa shape index (κ3) is 4.14. The molecule has 0 radical (unpaired) electrons. The summed E-state index contributed by atoms with van der Waals surface area (Å²) in [6.07, 6.45) is 17.8. The number of rotatable bonds is 6. The van der Waals surface area contributed by atoms with Gasteiger partial charge in [0.15, 0.2) is 0 Å². The van der Waals surface area contributed by atoms with Crippen molar-refractivity contribution in [2.45, 2.75) is 104 Å². The predicted octanol–water partition coefficient (Wildman–Crippen LogP) is 5.85. The van der Waals surface area contributed by atoms with Crippen LogP contribution in [0.15, 0.2) is 11.9 Å². The van der Waals surface area contributed by atoms with Gasteiger partial charge in [-0.15, -0.1) is 0 Å². The Bertz CT molecular complexity index is 717. The van der Waals surface area contributed by atoms with Crippen LogP contribution in [-0.2, 0) is 0 Å². The molecule has 5 N–H and O–H groups in total. The van der Waals surface area contributed by atoms with E-state index in [9.17, 15) is 5.11 Å². The summed E-state index contributed by atoms with van der Waals surface area (Å²) in [5.41, 5.74) is 6.19. The third-order valence-corrected chi connectivity index (χ3v) is 11.1. The van der Waals surface area contributed by atoms with Crippen LogP contribution >= 0.6 is 0 Å². The Morgan fingerprint density at radius 2 is 1.81 bits per heavy atom. The number of nitrogens with one attached hydrogen (secondary N) is 2. The van der Waals surface area contributed by atoms with Crippen molar-refractivity contribution in [2.24, 2.45) is 52.1 Å². The number of hydrogen-bond donors (Lipinski definition) is 4. The second-order valence-electron chi connectivity index (χ2n) is 12.8. The third-order valence-electron chi connectivity index (χ3n) is 11.1. The zero-order valence-corrected chi connectivity index (χ0v) is 21.1. The molecule has 4 saturated carbocycles. The van der Waals surface area contributed by atoms with Crippen molar-refractivity contribution in [1.29, 1.82) is 5.41 Å². The van der Waals surface area contributed by atoms with Crippen LogP contribution in [-0.4, -0.2) is 23.5 Å². The van der Waals surface area contributed by atoms with Gasteiger partial charge in [-0.1, -0.05) is 40.0 Å². The van der Waals surface area contributed by atoms with E-state index >= 15 is 0 Å². The Morgan fingerprint density at radius 1 is 1.09 bits per heavy atom. The quantitative estimate of drug-likeness (QED) is 0.389. The number of allylic oxidation sites excluding steroid dienone is 1. The molecule has 0 aromatic carbocycles. The number of fused-ring (bicyclic) bond motifs is 5. The summed E-state index contributed by atoms with van der Waals surface area (Å²) in [5.74, 6) is 4.76. The van der Waals surface area contributed by atoms with Gasteiger partial charge in [0.25, 0.3) is 0 Å². The zero-order chi connectivity index (χ0) is 23.1. The average Bonchev–Trinajstić information content (AvgIpc) is 2.76. The molecule has 9 atom stereocenters. The molecule has 182 valence electrons. The van der Waals surface area contributed by atoms with Crippen molar-refractivity contribution in [3.63, 3.8) is 0 Å². The minimum absolute atomic E-state index is 0.232. The fraction of sp³-hybridized carbons (Fsp3) is 0.893. The highest BCUT2D eigenvalue weighted by Crippen LogP contribution is 2.66. The highest BCUT2D eigenvalue weighted by atomic mass is 16.3. The van der Waals surface area contributed by atoms with Crippen LogP contribution in [0.2, 0.25) is 0 Å². The summed E-state index contributed by atoms with van der Waals surface area (Å²) in [6, 6.07) is 0. The maximum Gasteiger partial charge on any atom is 0.0824 e. The van der Waals surface area contributed by atoms with Crippen LogP contribution in [0.4, 0.5) is 0 Å². The smallest absolute Gasteiger partial charge is 0.0824 e. The Labute approximate surface area is 196 Å². The van der Waals surface area contributed by atoms with E-state index in [2.05, 4.69) is 26.1 Å². The maximum absolute atomic E-state index is 11.6. The van der Waals surface area contributed by atoms with Crippen molar-refractivity contribution in [1.82, 2.24) is 5.32 Å². The molecule has 0 aromatic heterocycles. The zero-order valence-electron chi connectivity index (χ0n) is 21.1. The Balaban J connectivity index is 1.51. The number of hydrogen-bond acceptors (Lipinski definition) is 4. The van der Waals surface area contributed by atoms with Crippen LogP contribution < -0.4 is 11.1 Å². The van der Waals surface area contributed by atoms with E-state index in [1.807, 2.05) is 6.92 Å². The first kappa shape index (κ1) is 24.1. The highest BCUT2D eigenvalue weighted by Gasteiger charge is 2.60. The largest absolute Gasteiger partial charge is 0.396 e. The average molecular weight is 444 g/mol. The Hall–Kier alpha value is -1.03. The molecule has 32 heavy (non-hydrogen) atoms. The molecule has 3 unspecified atom stereocenters. The minimum atomic E-state index is -0.762. The first-order valence-electron chi connectivity index (χ1n) is 13.6. The summed E-state index contributed by atoms with van der Waals surface area (Å²) < 4.78 is 0. The van der Waals surface area contributed by atoms with Crippen molar-refractivity contribution < 1.29 is 5.11 Å². The molecule has 0 saturated heterocycles. The van der Waals surface area contributed by atoms with Crippen molar-refractivity contribution in [3.8, 4) is 0 Å².